The van der Waals surface area contributed by atoms with Crippen LogP contribution in [-0.2, 0) is 27.1 Å². The molecule has 1 aromatic heterocycles. The molecule has 0 bridgehead atoms. The van der Waals surface area contributed by atoms with Gasteiger partial charge in [0.25, 0.3) is 0 Å². The van der Waals surface area contributed by atoms with E-state index in [1.165, 1.54) is 0 Å². The fourth-order valence-electron chi connectivity index (χ4n) is 3.65. The Morgan fingerprint density at radius 1 is 1.17 bits per heavy atom. The second kappa shape index (κ2) is 5.12. The molecule has 5 nitrogen and oxygen atoms in total. The quantitative estimate of drug-likeness (QED) is 0.939. The van der Waals surface area contributed by atoms with E-state index in [4.69, 9.17) is 13.9 Å². The average Bonchev–Trinajstić information content (AvgIpc) is 3.21. The van der Waals surface area contributed by atoms with Crippen LogP contribution in [0.25, 0.3) is 0 Å². The van der Waals surface area contributed by atoms with Gasteiger partial charge in [-0.1, -0.05) is 6.07 Å². The minimum absolute atomic E-state index is 0.243. The van der Waals surface area contributed by atoms with Gasteiger partial charge in [-0.05, 0) is 42.2 Å². The van der Waals surface area contributed by atoms with Crippen LogP contribution in [-0.4, -0.2) is 18.3 Å². The molecule has 1 fully saturated rings. The highest BCUT2D eigenvalue weighted by Gasteiger charge is 2.47. The average molecular weight is 311 g/mol. The summed E-state index contributed by atoms with van der Waals surface area (Å²) in [5, 5.41) is 19.3. The predicted molar refractivity (Wildman–Crippen MR) is 80.6 cm³/mol. The van der Waals surface area contributed by atoms with E-state index < -0.39 is 11.2 Å². The van der Waals surface area contributed by atoms with Gasteiger partial charge in [-0.15, -0.1) is 0 Å². The Labute approximate surface area is 134 Å². The molecule has 2 heterocycles. The zero-order chi connectivity index (χ0) is 15.9. The summed E-state index contributed by atoms with van der Waals surface area (Å²) >= 11 is 0. The van der Waals surface area contributed by atoms with E-state index >= 15 is 0 Å². The molecule has 4 rings (SSSR count). The number of furan rings is 1. The molecule has 1 aromatic carbocycles. The number of hydrogen-bond donors (Lipinski definition) is 1. The first-order valence-corrected chi connectivity index (χ1v) is 7.72. The maximum atomic E-state index is 9.73. The van der Waals surface area contributed by atoms with Crippen molar-refractivity contribution in [2.45, 2.75) is 30.5 Å². The third kappa shape index (κ3) is 2.14. The van der Waals surface area contributed by atoms with Crippen LogP contribution in [0.4, 0.5) is 0 Å². The van der Waals surface area contributed by atoms with Gasteiger partial charge in [0.15, 0.2) is 5.79 Å². The zero-order valence-corrected chi connectivity index (χ0v) is 12.6. The Morgan fingerprint density at radius 2 is 2.00 bits per heavy atom. The number of aromatic hydroxyl groups is 1. The van der Waals surface area contributed by atoms with Crippen LogP contribution in [0.15, 0.2) is 41.2 Å². The lowest BCUT2D eigenvalue weighted by atomic mass is 9.62. The molecular weight excluding hydrogens is 294 g/mol. The molecule has 1 unspecified atom stereocenters. The molecule has 0 amide bonds. The summed E-state index contributed by atoms with van der Waals surface area (Å²) in [7, 11) is 0. The Balaban J connectivity index is 1.58. The molecule has 1 aliphatic heterocycles. The molecule has 1 N–H and O–H groups in total. The SMILES string of the molecule is N#CC1(CCC2(c3ccoc3)OCCO2)Cc2cc(O)ccc21. The summed E-state index contributed by atoms with van der Waals surface area (Å²) in [6, 6.07) is 9.52. The zero-order valence-electron chi connectivity index (χ0n) is 12.6. The fourth-order valence-corrected chi connectivity index (χ4v) is 3.65. The topological polar surface area (TPSA) is 75.6 Å². The van der Waals surface area contributed by atoms with Crippen LogP contribution in [0.5, 0.6) is 5.75 Å². The van der Waals surface area contributed by atoms with Gasteiger partial charge in [-0.25, -0.2) is 0 Å². The molecule has 1 atom stereocenters. The summed E-state index contributed by atoms with van der Waals surface area (Å²) in [4.78, 5) is 0. The maximum absolute atomic E-state index is 9.73. The van der Waals surface area contributed by atoms with Crippen LogP contribution < -0.4 is 0 Å². The molecule has 1 aliphatic carbocycles. The van der Waals surface area contributed by atoms with Crippen LogP contribution in [0.1, 0.15) is 29.5 Å². The molecular formula is C18H17NO4. The number of nitrogens with zero attached hydrogens (tertiary/aromatic N) is 1. The lowest BCUT2D eigenvalue weighted by Crippen LogP contribution is -2.40. The van der Waals surface area contributed by atoms with E-state index in [0.29, 0.717) is 32.5 Å². The van der Waals surface area contributed by atoms with Gasteiger partial charge in [0.05, 0.1) is 37.2 Å². The smallest absolute Gasteiger partial charge is 0.198 e. The van der Waals surface area contributed by atoms with Gasteiger partial charge in [-0.2, -0.15) is 5.26 Å². The first-order valence-electron chi connectivity index (χ1n) is 7.72. The molecule has 23 heavy (non-hydrogen) atoms. The molecule has 2 aliphatic rings. The molecule has 0 radical (unpaired) electrons. The molecule has 1 saturated heterocycles. The highest BCUT2D eigenvalue weighted by atomic mass is 16.7. The standard InChI is InChI=1S/C18H17NO4/c19-12-17(10-13-9-15(20)1-2-16(13)17)4-5-18(22-7-8-23-18)14-3-6-21-11-14/h1-3,6,9,11,20H,4-5,7-8,10H2. The molecule has 0 saturated carbocycles. The number of benzene rings is 1. The first kappa shape index (κ1) is 14.3. The van der Waals surface area contributed by atoms with E-state index in [-0.39, 0.29) is 5.75 Å². The Morgan fingerprint density at radius 3 is 2.65 bits per heavy atom. The highest BCUT2D eigenvalue weighted by Crippen LogP contribution is 2.48. The van der Waals surface area contributed by atoms with Crippen molar-refractivity contribution in [3.8, 4) is 11.8 Å². The number of phenols is 1. The van der Waals surface area contributed by atoms with E-state index in [1.54, 1.807) is 24.7 Å². The number of ether oxygens (including phenoxy) is 2. The Bertz CT molecular complexity index is 756. The number of phenolic OH excluding ortho intramolecular Hbond substituents is 1. The maximum Gasteiger partial charge on any atom is 0.198 e. The Kier molecular flexibility index (Phi) is 3.19. The summed E-state index contributed by atoms with van der Waals surface area (Å²) in [6.45, 7) is 1.07. The third-order valence-corrected chi connectivity index (χ3v) is 4.91. The number of rotatable bonds is 4. The van der Waals surface area contributed by atoms with Crippen molar-refractivity contribution >= 4 is 0 Å². The lowest BCUT2D eigenvalue weighted by molar-refractivity contribution is -0.173. The van der Waals surface area contributed by atoms with Crippen molar-refractivity contribution < 1.29 is 19.0 Å². The van der Waals surface area contributed by atoms with Gasteiger partial charge >= 0.3 is 0 Å². The molecule has 5 heteroatoms. The summed E-state index contributed by atoms with van der Waals surface area (Å²) < 4.78 is 16.9. The van der Waals surface area contributed by atoms with Crippen molar-refractivity contribution in [3.05, 3.63) is 53.5 Å². The Hall–Kier alpha value is -2.29. The van der Waals surface area contributed by atoms with Crippen LogP contribution >= 0.6 is 0 Å². The van der Waals surface area contributed by atoms with Gasteiger partial charge in [0.1, 0.15) is 5.75 Å². The normalized spacial score (nSPS) is 24.7. The van der Waals surface area contributed by atoms with Gasteiger partial charge < -0.3 is 19.0 Å². The molecule has 0 spiro atoms. The highest BCUT2D eigenvalue weighted by molar-refractivity contribution is 5.52. The third-order valence-electron chi connectivity index (χ3n) is 4.91. The van der Waals surface area contributed by atoms with Crippen molar-refractivity contribution in [1.29, 1.82) is 5.26 Å². The van der Waals surface area contributed by atoms with E-state index in [0.717, 1.165) is 16.7 Å². The van der Waals surface area contributed by atoms with E-state index in [2.05, 4.69) is 6.07 Å². The van der Waals surface area contributed by atoms with Crippen LogP contribution in [0.2, 0.25) is 0 Å². The van der Waals surface area contributed by atoms with Crippen molar-refractivity contribution in [1.82, 2.24) is 0 Å². The predicted octanol–water partition coefficient (Wildman–Crippen LogP) is 2.98. The van der Waals surface area contributed by atoms with Crippen LogP contribution in [0, 0.1) is 11.3 Å². The minimum Gasteiger partial charge on any atom is -0.508 e. The van der Waals surface area contributed by atoms with E-state index in [1.807, 2.05) is 12.1 Å². The second-order valence-corrected chi connectivity index (χ2v) is 6.17. The number of hydrogen-bond acceptors (Lipinski definition) is 5. The van der Waals surface area contributed by atoms with Crippen LogP contribution in [0.3, 0.4) is 0 Å². The fraction of sp³-hybridized carbons (Fsp3) is 0.389. The minimum atomic E-state index is -0.816. The number of nitriles is 1. The summed E-state index contributed by atoms with van der Waals surface area (Å²) in [6.07, 6.45) is 5.10. The van der Waals surface area contributed by atoms with Gasteiger partial charge in [0, 0.05) is 12.0 Å². The number of fused-ring (bicyclic) bond motifs is 1. The van der Waals surface area contributed by atoms with Crippen molar-refractivity contribution in [2.24, 2.45) is 0 Å². The largest absolute Gasteiger partial charge is 0.508 e. The van der Waals surface area contributed by atoms with Crippen molar-refractivity contribution in [3.63, 3.8) is 0 Å². The monoisotopic (exact) mass is 311 g/mol. The van der Waals surface area contributed by atoms with E-state index in [9.17, 15) is 10.4 Å². The lowest BCUT2D eigenvalue weighted by Gasteiger charge is -2.40. The second-order valence-electron chi connectivity index (χ2n) is 6.17. The van der Waals surface area contributed by atoms with Gasteiger partial charge in [0.2, 0.25) is 0 Å². The molecule has 118 valence electrons. The summed E-state index contributed by atoms with van der Waals surface area (Å²) in [5.41, 5.74) is 2.36. The first-order chi connectivity index (χ1) is 11.2. The molecule has 2 aromatic rings. The summed E-state index contributed by atoms with van der Waals surface area (Å²) in [5.74, 6) is -0.573. The van der Waals surface area contributed by atoms with Gasteiger partial charge in [-0.3, -0.25) is 0 Å². The van der Waals surface area contributed by atoms with Crippen molar-refractivity contribution in [2.75, 3.05) is 13.2 Å².